The average Bonchev–Trinajstić information content (AvgIpc) is 3.12. The molecule has 0 aromatic heterocycles. The minimum Gasteiger partial charge on any atom is -0.465 e. The predicted molar refractivity (Wildman–Crippen MR) is 113 cm³/mol. The van der Waals surface area contributed by atoms with Gasteiger partial charge in [-0.05, 0) is 13.3 Å². The minimum atomic E-state index is -0.478. The Balaban J connectivity index is 2.00. The number of unbranched alkanes of at least 4 members (excludes halogenated alkanes) is 5. The fourth-order valence-electron chi connectivity index (χ4n) is 2.85. The maximum Gasteiger partial charge on any atom is 0.326 e. The van der Waals surface area contributed by atoms with Gasteiger partial charge in [0.25, 0.3) is 5.91 Å². The van der Waals surface area contributed by atoms with Crippen molar-refractivity contribution in [1.29, 1.82) is 0 Å². The quantitative estimate of drug-likeness (QED) is 0.227. The highest BCUT2D eigenvalue weighted by atomic mass is 32.2. The van der Waals surface area contributed by atoms with E-state index in [4.69, 9.17) is 17.0 Å². The molecular weight excluding hydrogens is 404 g/mol. The summed E-state index contributed by atoms with van der Waals surface area (Å²) in [5, 5.41) is 0.524. The number of hydrogen-bond donors (Lipinski definition) is 0. The summed E-state index contributed by atoms with van der Waals surface area (Å²) >= 11 is 7.88. The smallest absolute Gasteiger partial charge is 0.326 e. The molecular formula is C18H26N2O4S3. The van der Waals surface area contributed by atoms with Crippen LogP contribution >= 0.6 is 35.7 Å². The number of ether oxygens (including phenoxy) is 1. The van der Waals surface area contributed by atoms with E-state index >= 15 is 0 Å². The molecule has 2 heterocycles. The van der Waals surface area contributed by atoms with Crippen LogP contribution in [0.4, 0.5) is 0 Å². The summed E-state index contributed by atoms with van der Waals surface area (Å²) in [6.45, 7) is 4.58. The Kier molecular flexibility index (Phi) is 9.11. The first kappa shape index (κ1) is 22.2. The van der Waals surface area contributed by atoms with E-state index in [0.29, 0.717) is 20.8 Å². The third-order valence-electron chi connectivity index (χ3n) is 4.25. The van der Waals surface area contributed by atoms with Gasteiger partial charge in [0.05, 0.1) is 17.4 Å². The van der Waals surface area contributed by atoms with Gasteiger partial charge in [0.15, 0.2) is 0 Å². The Morgan fingerprint density at radius 2 is 1.81 bits per heavy atom. The monoisotopic (exact) mass is 430 g/mol. The van der Waals surface area contributed by atoms with Gasteiger partial charge in [-0.15, -0.1) is 0 Å². The van der Waals surface area contributed by atoms with Crippen molar-refractivity contribution in [3.63, 3.8) is 0 Å². The molecule has 2 fully saturated rings. The van der Waals surface area contributed by atoms with Gasteiger partial charge in [0.1, 0.15) is 15.8 Å². The van der Waals surface area contributed by atoms with E-state index in [1.165, 1.54) is 54.1 Å². The summed E-state index contributed by atoms with van der Waals surface area (Å²) in [7, 11) is 0. The van der Waals surface area contributed by atoms with Crippen molar-refractivity contribution in [2.75, 3.05) is 25.4 Å². The topological polar surface area (TPSA) is 66.9 Å². The van der Waals surface area contributed by atoms with Crippen LogP contribution in [-0.2, 0) is 19.1 Å². The van der Waals surface area contributed by atoms with Crippen molar-refractivity contribution in [3.8, 4) is 0 Å². The summed E-state index contributed by atoms with van der Waals surface area (Å²) in [6, 6.07) is 0. The third kappa shape index (κ3) is 5.96. The van der Waals surface area contributed by atoms with Crippen LogP contribution in [0.25, 0.3) is 0 Å². The fraction of sp³-hybridized carbons (Fsp3) is 0.667. The molecule has 27 heavy (non-hydrogen) atoms. The lowest BCUT2D eigenvalue weighted by atomic mass is 10.1. The number of carbonyl (C=O) groups is 3. The lowest BCUT2D eigenvalue weighted by Crippen LogP contribution is -2.33. The van der Waals surface area contributed by atoms with Gasteiger partial charge in [0.2, 0.25) is 5.91 Å². The molecule has 0 unspecified atom stereocenters. The molecule has 2 rings (SSSR count). The number of amides is 2. The van der Waals surface area contributed by atoms with E-state index in [1.807, 2.05) is 0 Å². The molecule has 0 aromatic carbocycles. The molecule has 0 spiro atoms. The molecule has 2 aliphatic rings. The van der Waals surface area contributed by atoms with Crippen molar-refractivity contribution in [2.24, 2.45) is 0 Å². The normalized spacial score (nSPS) is 20.1. The Morgan fingerprint density at radius 3 is 2.52 bits per heavy atom. The molecule has 6 nitrogen and oxygen atoms in total. The van der Waals surface area contributed by atoms with Gasteiger partial charge >= 0.3 is 5.97 Å². The van der Waals surface area contributed by atoms with Crippen LogP contribution < -0.4 is 0 Å². The van der Waals surface area contributed by atoms with Crippen LogP contribution in [0.2, 0.25) is 0 Å². The minimum absolute atomic E-state index is 0.162. The molecule has 2 saturated heterocycles. The van der Waals surface area contributed by atoms with Gasteiger partial charge in [-0.25, -0.2) is 0 Å². The zero-order chi connectivity index (χ0) is 19.8. The van der Waals surface area contributed by atoms with E-state index < -0.39 is 5.97 Å². The van der Waals surface area contributed by atoms with E-state index in [1.54, 1.807) is 11.8 Å². The van der Waals surface area contributed by atoms with Crippen molar-refractivity contribution in [3.05, 3.63) is 9.93 Å². The van der Waals surface area contributed by atoms with Gasteiger partial charge in [-0.2, -0.15) is 0 Å². The largest absolute Gasteiger partial charge is 0.465 e. The number of thiocarbonyl (C=S) groups is 1. The van der Waals surface area contributed by atoms with Gasteiger partial charge in [-0.3, -0.25) is 24.2 Å². The highest BCUT2D eigenvalue weighted by Gasteiger charge is 2.40. The zero-order valence-electron chi connectivity index (χ0n) is 15.8. The van der Waals surface area contributed by atoms with E-state index in [9.17, 15) is 14.4 Å². The molecule has 0 bridgehead atoms. The molecule has 0 saturated carbocycles. The lowest BCUT2D eigenvalue weighted by molar-refractivity contribution is -0.146. The number of hydrogen-bond acceptors (Lipinski definition) is 7. The number of rotatable bonds is 10. The fourth-order valence-corrected chi connectivity index (χ4v) is 5.39. The summed E-state index contributed by atoms with van der Waals surface area (Å²) in [5.41, 5.74) is 0. The summed E-state index contributed by atoms with van der Waals surface area (Å²) < 4.78 is 5.45. The standard InChI is InChI=1S/C18H26N2O4S3/c1-3-5-6-7-8-9-10-19-16(23)15(27-18(19)25)17-20(13(21)12-26-17)11-14(22)24-4-2/h3-12H2,1-2H3/b17-15-. The van der Waals surface area contributed by atoms with Gasteiger partial charge < -0.3 is 4.74 Å². The molecule has 150 valence electrons. The maximum absolute atomic E-state index is 12.8. The summed E-state index contributed by atoms with van der Waals surface area (Å²) in [6.07, 6.45) is 6.83. The summed E-state index contributed by atoms with van der Waals surface area (Å²) in [5.74, 6) is -0.613. The second kappa shape index (κ2) is 11.1. The molecule has 0 aliphatic carbocycles. The van der Waals surface area contributed by atoms with E-state index in [-0.39, 0.29) is 30.7 Å². The van der Waals surface area contributed by atoms with Crippen LogP contribution in [0.5, 0.6) is 0 Å². The Hall–Kier alpha value is -1.06. The van der Waals surface area contributed by atoms with Crippen molar-refractivity contribution in [1.82, 2.24) is 9.80 Å². The van der Waals surface area contributed by atoms with Crippen LogP contribution in [0.15, 0.2) is 9.93 Å². The first-order valence-electron chi connectivity index (χ1n) is 9.36. The molecule has 0 N–H and O–H groups in total. The number of esters is 1. The number of nitrogens with zero attached hydrogens (tertiary/aromatic N) is 2. The van der Waals surface area contributed by atoms with Crippen LogP contribution in [0, 0.1) is 0 Å². The van der Waals surface area contributed by atoms with Crippen molar-refractivity contribution >= 4 is 57.8 Å². The number of thioether (sulfide) groups is 2. The first-order valence-corrected chi connectivity index (χ1v) is 11.6. The second-order valence-corrected chi connectivity index (χ2v) is 8.91. The predicted octanol–water partition coefficient (Wildman–Crippen LogP) is 3.51. The van der Waals surface area contributed by atoms with Gasteiger partial charge in [-0.1, -0.05) is 74.8 Å². The SMILES string of the molecule is CCCCCCCCN1C(=O)/C(=C2/SCC(=O)N2CC(=O)OCC)SC1=S. The molecule has 0 aromatic rings. The lowest BCUT2D eigenvalue weighted by Gasteiger charge is -2.17. The molecule has 9 heteroatoms. The summed E-state index contributed by atoms with van der Waals surface area (Å²) in [4.78, 5) is 40.2. The third-order valence-corrected chi connectivity index (χ3v) is 6.91. The van der Waals surface area contributed by atoms with Crippen LogP contribution in [0.1, 0.15) is 52.4 Å². The Labute approximate surface area is 174 Å². The first-order chi connectivity index (χ1) is 13.0. The Morgan fingerprint density at radius 1 is 1.11 bits per heavy atom. The van der Waals surface area contributed by atoms with Crippen molar-refractivity contribution < 1.29 is 19.1 Å². The number of carbonyl (C=O) groups excluding carboxylic acids is 3. The van der Waals surface area contributed by atoms with E-state index in [2.05, 4.69) is 6.92 Å². The second-order valence-electron chi connectivity index (χ2n) is 6.30. The molecule has 0 atom stereocenters. The maximum atomic E-state index is 12.8. The van der Waals surface area contributed by atoms with Crippen LogP contribution in [0.3, 0.4) is 0 Å². The highest BCUT2D eigenvalue weighted by Crippen LogP contribution is 2.41. The van der Waals surface area contributed by atoms with E-state index in [0.717, 1.165) is 12.8 Å². The van der Waals surface area contributed by atoms with Crippen LogP contribution in [-0.4, -0.2) is 57.4 Å². The molecule has 2 amide bonds. The van der Waals surface area contributed by atoms with Crippen molar-refractivity contribution in [2.45, 2.75) is 52.4 Å². The highest BCUT2D eigenvalue weighted by molar-refractivity contribution is 8.27. The Bertz CT molecular complexity index is 636. The van der Waals surface area contributed by atoms with Gasteiger partial charge in [0, 0.05) is 6.54 Å². The zero-order valence-corrected chi connectivity index (χ0v) is 18.3. The average molecular weight is 431 g/mol. The molecule has 0 radical (unpaired) electrons. The molecule has 2 aliphatic heterocycles.